The largest absolute Gasteiger partial charge is 0.342 e. The number of carbonyl (C=O) groups is 2. The van der Waals surface area contributed by atoms with Gasteiger partial charge in [0.05, 0.1) is 17.2 Å². The molecular formula is C26H33N5O2S. The van der Waals surface area contributed by atoms with E-state index in [4.69, 9.17) is 4.98 Å². The fraction of sp³-hybridized carbons (Fsp3) is 0.500. The van der Waals surface area contributed by atoms with E-state index < -0.39 is 0 Å². The second kappa shape index (κ2) is 9.78. The highest BCUT2D eigenvalue weighted by Crippen LogP contribution is 2.32. The van der Waals surface area contributed by atoms with Crippen molar-refractivity contribution in [2.24, 2.45) is 5.92 Å². The second-order valence-electron chi connectivity index (χ2n) is 10.2. The summed E-state index contributed by atoms with van der Waals surface area (Å²) in [6, 6.07) is 3.71. The Morgan fingerprint density at radius 3 is 2.50 bits per heavy atom. The summed E-state index contributed by atoms with van der Waals surface area (Å²) in [4.78, 5) is 32.9. The summed E-state index contributed by atoms with van der Waals surface area (Å²) >= 11 is 1.40. The maximum absolute atomic E-state index is 13.2. The van der Waals surface area contributed by atoms with Gasteiger partial charge in [0.15, 0.2) is 0 Å². The molecule has 0 radical (unpaired) electrons. The van der Waals surface area contributed by atoms with Crippen LogP contribution in [-0.2, 0) is 10.2 Å². The number of likely N-dealkylation sites (tertiary alicyclic amines) is 1. The normalized spacial score (nSPS) is 19.1. The minimum Gasteiger partial charge on any atom is -0.342 e. The van der Waals surface area contributed by atoms with E-state index >= 15 is 0 Å². The Balaban J connectivity index is 1.46. The van der Waals surface area contributed by atoms with Crippen LogP contribution in [0.4, 0.5) is 5.13 Å². The van der Waals surface area contributed by atoms with Gasteiger partial charge in [0.1, 0.15) is 5.01 Å². The summed E-state index contributed by atoms with van der Waals surface area (Å²) in [5.74, 6) is -0.0635. The molecule has 0 spiro atoms. The standard InChI is InChI=1S/C26H33N5O2S/c1-16-8-6-7-9-19(16)23(33)31-14-12-18(13-15-31)21-20(11-10-17(2)27-21)22(32)28-25-30-29-24(34-25)26(3,4)5/h7-11,18-19H,6,12-15H2,1-5H3,(H,28,30,32). The molecule has 1 atom stereocenters. The van der Waals surface area contributed by atoms with Crippen molar-refractivity contribution in [1.82, 2.24) is 20.1 Å². The first kappa shape index (κ1) is 24.3. The molecule has 1 aliphatic carbocycles. The summed E-state index contributed by atoms with van der Waals surface area (Å²) in [5, 5.41) is 12.6. The quantitative estimate of drug-likeness (QED) is 0.622. The first-order valence-corrected chi connectivity index (χ1v) is 12.7. The van der Waals surface area contributed by atoms with Crippen molar-refractivity contribution >= 4 is 28.3 Å². The lowest BCUT2D eigenvalue weighted by Gasteiger charge is -2.34. The van der Waals surface area contributed by atoms with E-state index in [0.29, 0.717) is 23.8 Å². The molecule has 3 heterocycles. The SMILES string of the molecule is CC1=CCC=CC1C(=O)N1CCC(c2nc(C)ccc2C(=O)Nc2nnc(C(C)(C)C)s2)CC1. The first-order valence-electron chi connectivity index (χ1n) is 11.9. The van der Waals surface area contributed by atoms with E-state index in [1.54, 1.807) is 0 Å². The van der Waals surface area contributed by atoms with Crippen LogP contribution in [0.1, 0.15) is 79.6 Å². The highest BCUT2D eigenvalue weighted by atomic mass is 32.1. The maximum Gasteiger partial charge on any atom is 0.259 e. The molecule has 1 aliphatic heterocycles. The third-order valence-electron chi connectivity index (χ3n) is 6.45. The van der Waals surface area contributed by atoms with Crippen LogP contribution < -0.4 is 5.32 Å². The Labute approximate surface area is 205 Å². The third-order valence-corrected chi connectivity index (χ3v) is 7.71. The highest BCUT2D eigenvalue weighted by molar-refractivity contribution is 7.15. The Hall–Kier alpha value is -2.87. The molecule has 2 amide bonds. The van der Waals surface area contributed by atoms with Crippen molar-refractivity contribution in [2.75, 3.05) is 18.4 Å². The van der Waals surface area contributed by atoms with Crippen LogP contribution >= 0.6 is 11.3 Å². The van der Waals surface area contributed by atoms with Crippen molar-refractivity contribution in [1.29, 1.82) is 0 Å². The van der Waals surface area contributed by atoms with Crippen molar-refractivity contribution in [2.45, 2.75) is 65.2 Å². The van der Waals surface area contributed by atoms with Gasteiger partial charge in [0, 0.05) is 30.1 Å². The number of allylic oxidation sites excluding steroid dienone is 2. The molecule has 2 aromatic rings. The minimum absolute atomic E-state index is 0.121. The molecule has 1 fully saturated rings. The van der Waals surface area contributed by atoms with Gasteiger partial charge in [0.2, 0.25) is 11.0 Å². The number of pyridine rings is 1. The number of rotatable bonds is 4. The van der Waals surface area contributed by atoms with E-state index in [1.807, 2.05) is 37.0 Å². The zero-order valence-corrected chi connectivity index (χ0v) is 21.4. The van der Waals surface area contributed by atoms with Crippen molar-refractivity contribution < 1.29 is 9.59 Å². The molecule has 1 N–H and O–H groups in total. The van der Waals surface area contributed by atoms with Gasteiger partial charge in [-0.25, -0.2) is 0 Å². The first-order chi connectivity index (χ1) is 16.1. The smallest absolute Gasteiger partial charge is 0.259 e. The molecule has 0 aromatic carbocycles. The number of anilines is 1. The fourth-order valence-electron chi connectivity index (χ4n) is 4.42. The van der Waals surface area contributed by atoms with Crippen LogP contribution in [0.5, 0.6) is 0 Å². The molecule has 180 valence electrons. The lowest BCUT2D eigenvalue weighted by molar-refractivity contribution is -0.134. The summed E-state index contributed by atoms with van der Waals surface area (Å²) in [5.41, 5.74) is 3.25. The lowest BCUT2D eigenvalue weighted by atomic mass is 9.88. The number of amides is 2. The molecule has 1 unspecified atom stereocenters. The van der Waals surface area contributed by atoms with Gasteiger partial charge < -0.3 is 4.90 Å². The topological polar surface area (TPSA) is 88.1 Å². The molecule has 4 rings (SSSR count). The Morgan fingerprint density at radius 1 is 1.12 bits per heavy atom. The lowest BCUT2D eigenvalue weighted by Crippen LogP contribution is -2.41. The van der Waals surface area contributed by atoms with E-state index in [2.05, 4.69) is 48.4 Å². The molecular weight excluding hydrogens is 446 g/mol. The second-order valence-corrected chi connectivity index (χ2v) is 11.2. The minimum atomic E-state index is -0.217. The number of nitrogens with zero attached hydrogens (tertiary/aromatic N) is 4. The number of aromatic nitrogens is 3. The third kappa shape index (κ3) is 5.27. The van der Waals surface area contributed by atoms with Crippen molar-refractivity contribution in [3.05, 3.63) is 57.9 Å². The van der Waals surface area contributed by atoms with Gasteiger partial charge in [-0.3, -0.25) is 19.9 Å². The average molecular weight is 480 g/mol. The predicted molar refractivity (Wildman–Crippen MR) is 135 cm³/mol. The molecule has 1 saturated heterocycles. The highest BCUT2D eigenvalue weighted by Gasteiger charge is 2.31. The predicted octanol–water partition coefficient (Wildman–Crippen LogP) is 5.02. The molecule has 7 nitrogen and oxygen atoms in total. The average Bonchev–Trinajstić information content (AvgIpc) is 3.28. The van der Waals surface area contributed by atoms with Gasteiger partial charge >= 0.3 is 0 Å². The van der Waals surface area contributed by atoms with Gasteiger partial charge in [-0.2, -0.15) is 0 Å². The Kier molecular flexibility index (Phi) is 6.98. The van der Waals surface area contributed by atoms with Crippen molar-refractivity contribution in [3.8, 4) is 0 Å². The molecule has 2 aliphatic rings. The van der Waals surface area contributed by atoms with E-state index in [0.717, 1.165) is 41.2 Å². The number of carbonyl (C=O) groups excluding carboxylic acids is 2. The van der Waals surface area contributed by atoms with Crippen LogP contribution in [0.3, 0.4) is 0 Å². The van der Waals surface area contributed by atoms with E-state index in [9.17, 15) is 9.59 Å². The van der Waals surface area contributed by atoms with Gasteiger partial charge in [0.25, 0.3) is 5.91 Å². The monoisotopic (exact) mass is 479 g/mol. The fourth-order valence-corrected chi connectivity index (χ4v) is 5.21. The number of hydrogen-bond donors (Lipinski definition) is 1. The van der Waals surface area contributed by atoms with Gasteiger partial charge in [-0.15, -0.1) is 10.2 Å². The molecule has 0 bridgehead atoms. The summed E-state index contributed by atoms with van der Waals surface area (Å²) < 4.78 is 0. The van der Waals surface area contributed by atoms with Gasteiger partial charge in [-0.05, 0) is 45.2 Å². The Bertz CT molecular complexity index is 1140. The van der Waals surface area contributed by atoms with Crippen LogP contribution in [0.15, 0.2) is 35.9 Å². The van der Waals surface area contributed by atoms with Crippen molar-refractivity contribution in [3.63, 3.8) is 0 Å². The number of aryl methyl sites for hydroxylation is 1. The number of hydrogen-bond acceptors (Lipinski definition) is 6. The number of piperidine rings is 1. The summed E-state index contributed by atoms with van der Waals surface area (Å²) in [6.07, 6.45) is 8.68. The maximum atomic E-state index is 13.2. The zero-order valence-electron chi connectivity index (χ0n) is 20.6. The molecule has 0 saturated carbocycles. The van der Waals surface area contributed by atoms with E-state index in [-0.39, 0.29) is 29.1 Å². The van der Waals surface area contributed by atoms with E-state index in [1.165, 1.54) is 11.3 Å². The molecule has 2 aromatic heterocycles. The van der Waals surface area contributed by atoms with Crippen LogP contribution in [-0.4, -0.2) is 45.0 Å². The zero-order chi connectivity index (χ0) is 24.5. The van der Waals surface area contributed by atoms with Gasteiger partial charge in [-0.1, -0.05) is 55.9 Å². The summed E-state index contributed by atoms with van der Waals surface area (Å²) in [6.45, 7) is 11.5. The molecule has 34 heavy (non-hydrogen) atoms. The van der Waals surface area contributed by atoms with Crippen LogP contribution in [0.2, 0.25) is 0 Å². The Morgan fingerprint density at radius 2 is 1.85 bits per heavy atom. The van der Waals surface area contributed by atoms with Crippen LogP contribution in [0, 0.1) is 12.8 Å². The summed E-state index contributed by atoms with van der Waals surface area (Å²) in [7, 11) is 0. The van der Waals surface area contributed by atoms with Crippen LogP contribution in [0.25, 0.3) is 0 Å². The molecule has 8 heteroatoms. The number of nitrogens with one attached hydrogen (secondary N) is 1.